The summed E-state index contributed by atoms with van der Waals surface area (Å²) in [6.45, 7) is 6.66. The van der Waals surface area contributed by atoms with Crippen molar-refractivity contribution in [2.75, 3.05) is 0 Å². The van der Waals surface area contributed by atoms with Crippen molar-refractivity contribution in [2.45, 2.75) is 52.5 Å². The van der Waals surface area contributed by atoms with Crippen molar-refractivity contribution in [3.8, 4) is 0 Å². The van der Waals surface area contributed by atoms with Crippen LogP contribution in [0.4, 0.5) is 0 Å². The van der Waals surface area contributed by atoms with Crippen LogP contribution in [-0.4, -0.2) is 11.9 Å². The van der Waals surface area contributed by atoms with E-state index in [1.165, 1.54) is 25.7 Å². The van der Waals surface area contributed by atoms with Gasteiger partial charge >= 0.3 is 0 Å². The van der Waals surface area contributed by atoms with Crippen molar-refractivity contribution >= 4 is 5.91 Å². The number of hydrogen-bond acceptors (Lipinski definition) is 1. The standard InChI is InChI=1S/C12H21NO/c1-12(2,3)10-9(11(14)13-10)8-6-4-5-7-8/h8-10H,4-7H2,1-3H3,(H,13,14). The highest BCUT2D eigenvalue weighted by Crippen LogP contribution is 2.42. The molecular formula is C12H21NO. The third-order valence-corrected chi connectivity index (χ3v) is 3.80. The van der Waals surface area contributed by atoms with E-state index in [4.69, 9.17) is 0 Å². The van der Waals surface area contributed by atoms with Crippen LogP contribution in [0, 0.1) is 17.3 Å². The van der Waals surface area contributed by atoms with Crippen LogP contribution >= 0.6 is 0 Å². The summed E-state index contributed by atoms with van der Waals surface area (Å²) in [5.41, 5.74) is 0.223. The van der Waals surface area contributed by atoms with Gasteiger partial charge in [0.1, 0.15) is 0 Å². The number of hydrogen-bond donors (Lipinski definition) is 1. The van der Waals surface area contributed by atoms with Crippen LogP contribution in [0.1, 0.15) is 46.5 Å². The van der Waals surface area contributed by atoms with Crippen LogP contribution in [0.5, 0.6) is 0 Å². The highest BCUT2D eigenvalue weighted by Gasteiger charge is 2.49. The fraction of sp³-hybridized carbons (Fsp3) is 0.917. The molecule has 0 aromatic carbocycles. The summed E-state index contributed by atoms with van der Waals surface area (Å²) < 4.78 is 0. The molecule has 1 aliphatic heterocycles. The Kier molecular flexibility index (Phi) is 2.32. The highest BCUT2D eigenvalue weighted by atomic mass is 16.2. The minimum atomic E-state index is 0.223. The zero-order chi connectivity index (χ0) is 10.3. The third-order valence-electron chi connectivity index (χ3n) is 3.80. The van der Waals surface area contributed by atoms with Gasteiger partial charge in [0.05, 0.1) is 5.92 Å². The number of nitrogens with one attached hydrogen (secondary N) is 1. The van der Waals surface area contributed by atoms with Crippen LogP contribution in [-0.2, 0) is 4.79 Å². The van der Waals surface area contributed by atoms with Crippen molar-refractivity contribution in [1.29, 1.82) is 0 Å². The number of rotatable bonds is 1. The number of β-lactam (4-membered cyclic amide) rings is 1. The van der Waals surface area contributed by atoms with Crippen molar-refractivity contribution < 1.29 is 4.79 Å². The monoisotopic (exact) mass is 195 g/mol. The fourth-order valence-electron chi connectivity index (χ4n) is 2.95. The van der Waals surface area contributed by atoms with Gasteiger partial charge in [0, 0.05) is 6.04 Å². The maximum Gasteiger partial charge on any atom is 0.225 e. The Morgan fingerprint density at radius 3 is 2.21 bits per heavy atom. The lowest BCUT2D eigenvalue weighted by molar-refractivity contribution is -0.142. The predicted molar refractivity (Wildman–Crippen MR) is 56.8 cm³/mol. The molecule has 1 aliphatic carbocycles. The number of carbonyl (C=O) groups excluding carboxylic acids is 1. The van der Waals surface area contributed by atoms with E-state index in [9.17, 15) is 4.79 Å². The van der Waals surface area contributed by atoms with Gasteiger partial charge in [0.2, 0.25) is 5.91 Å². The first kappa shape index (κ1) is 10.0. The predicted octanol–water partition coefficient (Wildman–Crippen LogP) is 2.34. The largest absolute Gasteiger partial charge is 0.352 e. The van der Waals surface area contributed by atoms with Gasteiger partial charge in [-0.1, -0.05) is 33.6 Å². The van der Waals surface area contributed by atoms with Gasteiger partial charge in [-0.3, -0.25) is 4.79 Å². The summed E-state index contributed by atoms with van der Waals surface area (Å²) in [7, 11) is 0. The van der Waals surface area contributed by atoms with Crippen molar-refractivity contribution in [2.24, 2.45) is 17.3 Å². The molecule has 1 heterocycles. The molecule has 2 heteroatoms. The van der Waals surface area contributed by atoms with E-state index in [-0.39, 0.29) is 5.41 Å². The second kappa shape index (κ2) is 3.25. The lowest BCUT2D eigenvalue weighted by Gasteiger charge is -2.47. The molecule has 1 saturated heterocycles. The minimum Gasteiger partial charge on any atom is -0.352 e. The molecule has 2 unspecified atom stereocenters. The molecule has 0 bridgehead atoms. The Hall–Kier alpha value is -0.530. The minimum absolute atomic E-state index is 0.223. The van der Waals surface area contributed by atoms with Crippen molar-refractivity contribution in [3.05, 3.63) is 0 Å². The molecule has 0 radical (unpaired) electrons. The first-order valence-corrected chi connectivity index (χ1v) is 5.80. The lowest BCUT2D eigenvalue weighted by Crippen LogP contribution is -2.65. The highest BCUT2D eigenvalue weighted by molar-refractivity contribution is 5.86. The molecule has 80 valence electrons. The van der Waals surface area contributed by atoms with E-state index < -0.39 is 0 Å². The molecule has 14 heavy (non-hydrogen) atoms. The molecule has 2 aliphatic rings. The molecule has 2 atom stereocenters. The molecular weight excluding hydrogens is 174 g/mol. The van der Waals surface area contributed by atoms with Crippen LogP contribution < -0.4 is 5.32 Å². The zero-order valence-corrected chi connectivity index (χ0v) is 9.47. The van der Waals surface area contributed by atoms with E-state index in [2.05, 4.69) is 26.1 Å². The SMILES string of the molecule is CC(C)(C)C1NC(=O)C1C1CCCC1. The van der Waals surface area contributed by atoms with E-state index >= 15 is 0 Å². The second-order valence-electron chi connectivity index (χ2n) is 5.92. The molecule has 0 spiro atoms. The summed E-state index contributed by atoms with van der Waals surface area (Å²) in [4.78, 5) is 11.6. The number of carbonyl (C=O) groups is 1. The number of amides is 1. The normalized spacial score (nSPS) is 34.1. The average molecular weight is 195 g/mol. The lowest BCUT2D eigenvalue weighted by atomic mass is 9.68. The van der Waals surface area contributed by atoms with Gasteiger partial charge in [-0.15, -0.1) is 0 Å². The molecule has 0 aromatic heterocycles. The molecule has 2 rings (SSSR count). The van der Waals surface area contributed by atoms with Gasteiger partial charge in [0.15, 0.2) is 0 Å². The van der Waals surface area contributed by atoms with Gasteiger partial charge in [0.25, 0.3) is 0 Å². The van der Waals surface area contributed by atoms with Crippen LogP contribution in [0.3, 0.4) is 0 Å². The molecule has 2 fully saturated rings. The van der Waals surface area contributed by atoms with Gasteiger partial charge in [-0.25, -0.2) is 0 Å². The summed E-state index contributed by atoms with van der Waals surface area (Å²) >= 11 is 0. The van der Waals surface area contributed by atoms with Gasteiger partial charge < -0.3 is 5.32 Å². The second-order valence-corrected chi connectivity index (χ2v) is 5.92. The summed E-state index contributed by atoms with van der Waals surface area (Å²) in [5, 5.41) is 3.07. The van der Waals surface area contributed by atoms with E-state index in [0.717, 1.165) is 0 Å². The molecule has 1 N–H and O–H groups in total. The van der Waals surface area contributed by atoms with Crippen LogP contribution in [0.2, 0.25) is 0 Å². The van der Waals surface area contributed by atoms with Crippen LogP contribution in [0.25, 0.3) is 0 Å². The molecule has 2 nitrogen and oxygen atoms in total. The maximum absolute atomic E-state index is 11.6. The summed E-state index contributed by atoms with van der Waals surface area (Å²) in [6.07, 6.45) is 5.19. The van der Waals surface area contributed by atoms with Gasteiger partial charge in [-0.2, -0.15) is 0 Å². The first-order chi connectivity index (χ1) is 6.50. The zero-order valence-electron chi connectivity index (χ0n) is 9.47. The Labute approximate surface area is 86.5 Å². The van der Waals surface area contributed by atoms with E-state index in [1.54, 1.807) is 0 Å². The topological polar surface area (TPSA) is 29.1 Å². The Morgan fingerprint density at radius 1 is 1.21 bits per heavy atom. The van der Waals surface area contributed by atoms with Crippen molar-refractivity contribution in [1.82, 2.24) is 5.32 Å². The summed E-state index contributed by atoms with van der Waals surface area (Å²) in [5.74, 6) is 1.29. The van der Waals surface area contributed by atoms with Gasteiger partial charge in [-0.05, 0) is 24.2 Å². The third kappa shape index (κ3) is 1.55. The Balaban J connectivity index is 2.05. The molecule has 0 aromatic rings. The molecule has 1 amide bonds. The summed E-state index contributed by atoms with van der Waals surface area (Å²) in [6, 6.07) is 0.415. The fourth-order valence-corrected chi connectivity index (χ4v) is 2.95. The first-order valence-electron chi connectivity index (χ1n) is 5.80. The Bertz CT molecular complexity index is 235. The quantitative estimate of drug-likeness (QED) is 0.639. The van der Waals surface area contributed by atoms with E-state index in [1.807, 2.05) is 0 Å². The smallest absolute Gasteiger partial charge is 0.225 e. The molecule has 1 saturated carbocycles. The average Bonchev–Trinajstić information content (AvgIpc) is 2.50. The van der Waals surface area contributed by atoms with Crippen LogP contribution in [0.15, 0.2) is 0 Å². The van der Waals surface area contributed by atoms with E-state index in [0.29, 0.717) is 23.8 Å². The Morgan fingerprint density at radius 2 is 1.79 bits per heavy atom. The van der Waals surface area contributed by atoms with Crippen molar-refractivity contribution in [3.63, 3.8) is 0 Å². The maximum atomic E-state index is 11.6.